The average Bonchev–Trinajstić information content (AvgIpc) is 3.77. The van der Waals surface area contributed by atoms with Crippen molar-refractivity contribution < 1.29 is 4.42 Å². The normalized spacial score (nSPS) is 11.8. The zero-order valence-electron chi connectivity index (χ0n) is 26.1. The zero-order valence-corrected chi connectivity index (χ0v) is 26.1. The summed E-state index contributed by atoms with van der Waals surface area (Å²) in [7, 11) is 0. The fourth-order valence-electron chi connectivity index (χ4n) is 7.77. The highest BCUT2D eigenvalue weighted by Gasteiger charge is 2.21. The van der Waals surface area contributed by atoms with Crippen molar-refractivity contribution in [2.75, 3.05) is 0 Å². The molecule has 10 aromatic rings. The van der Waals surface area contributed by atoms with Gasteiger partial charge in [0.2, 0.25) is 5.69 Å². The Morgan fingerprint density at radius 2 is 1.04 bits per heavy atom. The maximum Gasteiger partial charge on any atom is 0.213 e. The molecule has 0 spiro atoms. The highest BCUT2D eigenvalue weighted by atomic mass is 16.3. The first-order chi connectivity index (χ1) is 23.7. The minimum absolute atomic E-state index is 0.661. The lowest BCUT2D eigenvalue weighted by Crippen LogP contribution is -2.00. The molecule has 10 rings (SSSR count). The summed E-state index contributed by atoms with van der Waals surface area (Å²) in [6, 6.07) is 51.3. The van der Waals surface area contributed by atoms with Gasteiger partial charge < -0.3 is 13.6 Å². The van der Waals surface area contributed by atoms with Gasteiger partial charge in [-0.2, -0.15) is 0 Å². The lowest BCUT2D eigenvalue weighted by molar-refractivity contribution is 0.669. The van der Waals surface area contributed by atoms with E-state index in [9.17, 15) is 0 Å². The van der Waals surface area contributed by atoms with Crippen LogP contribution in [0.3, 0.4) is 0 Å². The summed E-state index contributed by atoms with van der Waals surface area (Å²) in [5.74, 6) is 0. The highest BCUT2D eigenvalue weighted by molar-refractivity contribution is 6.17. The van der Waals surface area contributed by atoms with E-state index in [0.29, 0.717) is 5.69 Å². The molecule has 0 unspecified atom stereocenters. The Balaban J connectivity index is 1.28. The van der Waals surface area contributed by atoms with Crippen molar-refractivity contribution in [1.29, 1.82) is 0 Å². The van der Waals surface area contributed by atoms with Crippen LogP contribution in [0.4, 0.5) is 5.69 Å². The fourth-order valence-corrected chi connectivity index (χ4v) is 7.77. The minimum Gasteiger partial charge on any atom is -0.456 e. The van der Waals surface area contributed by atoms with E-state index in [1.165, 1.54) is 16.2 Å². The molecule has 0 bridgehead atoms. The minimum atomic E-state index is 0.661. The Hall–Kier alpha value is -6.57. The van der Waals surface area contributed by atoms with Gasteiger partial charge in [0.15, 0.2) is 0 Å². The van der Waals surface area contributed by atoms with Gasteiger partial charge in [0, 0.05) is 37.9 Å². The van der Waals surface area contributed by atoms with Crippen molar-refractivity contribution in [2.45, 2.75) is 6.92 Å². The van der Waals surface area contributed by atoms with E-state index in [1.807, 2.05) is 12.1 Å². The summed E-state index contributed by atoms with van der Waals surface area (Å²) in [4.78, 5) is 4.09. The smallest absolute Gasteiger partial charge is 0.213 e. The third-order valence-electron chi connectivity index (χ3n) is 9.84. The van der Waals surface area contributed by atoms with Gasteiger partial charge >= 0.3 is 0 Å². The second-order valence-corrected chi connectivity index (χ2v) is 12.5. The molecule has 4 heteroatoms. The van der Waals surface area contributed by atoms with Gasteiger partial charge in [0.05, 0.1) is 40.0 Å². The first-order valence-electron chi connectivity index (χ1n) is 16.1. The topological polar surface area (TPSA) is 27.4 Å². The zero-order chi connectivity index (χ0) is 31.9. The lowest BCUT2D eigenvalue weighted by atomic mass is 9.98. The standard InChI is InChI=1S/C44H27N3O/c1-27-23-28(24-41(44(27)45-2)47-37-19-9-4-14-30(37)31-15-5-10-20-38(31)47)29-13-3-8-18-36(29)46-39-21-11-6-16-32(39)34-26-43-35(25-40(34)46)33-17-7-12-22-42(33)48-43/h3-26H,1H3. The van der Waals surface area contributed by atoms with Gasteiger partial charge in [-0.05, 0) is 66.6 Å². The second-order valence-electron chi connectivity index (χ2n) is 12.5. The Morgan fingerprint density at radius 3 is 1.73 bits per heavy atom. The van der Waals surface area contributed by atoms with Crippen molar-refractivity contribution in [2.24, 2.45) is 0 Å². The highest BCUT2D eigenvalue weighted by Crippen LogP contribution is 2.43. The number of para-hydroxylation sites is 5. The van der Waals surface area contributed by atoms with Gasteiger partial charge in [-0.3, -0.25) is 0 Å². The number of furan rings is 1. The van der Waals surface area contributed by atoms with Crippen LogP contribution in [0.25, 0.3) is 92.9 Å². The van der Waals surface area contributed by atoms with E-state index < -0.39 is 0 Å². The van der Waals surface area contributed by atoms with Crippen LogP contribution in [0.1, 0.15) is 5.56 Å². The lowest BCUT2D eigenvalue weighted by Gasteiger charge is -2.18. The number of aromatic nitrogens is 2. The van der Waals surface area contributed by atoms with Crippen molar-refractivity contribution in [3.8, 4) is 22.5 Å². The molecule has 0 aliphatic carbocycles. The predicted octanol–water partition coefficient (Wildman–Crippen LogP) is 12.3. The molecule has 224 valence electrons. The molecule has 0 radical (unpaired) electrons. The van der Waals surface area contributed by atoms with Crippen LogP contribution >= 0.6 is 0 Å². The molecule has 0 saturated carbocycles. The number of hydrogen-bond acceptors (Lipinski definition) is 1. The van der Waals surface area contributed by atoms with Crippen LogP contribution in [0.2, 0.25) is 0 Å². The van der Waals surface area contributed by atoms with Gasteiger partial charge in [0.25, 0.3) is 0 Å². The summed E-state index contributed by atoms with van der Waals surface area (Å²) >= 11 is 0. The molecule has 0 saturated heterocycles. The van der Waals surface area contributed by atoms with Crippen LogP contribution in [-0.4, -0.2) is 9.13 Å². The number of fused-ring (bicyclic) bond motifs is 9. The van der Waals surface area contributed by atoms with Gasteiger partial charge in [-0.1, -0.05) is 97.1 Å². The Kier molecular flexibility index (Phi) is 5.53. The summed E-state index contributed by atoms with van der Waals surface area (Å²) in [5, 5.41) is 6.89. The van der Waals surface area contributed by atoms with Crippen LogP contribution in [0, 0.1) is 13.5 Å². The number of benzene rings is 7. The summed E-state index contributed by atoms with van der Waals surface area (Å²) in [6.07, 6.45) is 0. The average molecular weight is 614 g/mol. The quantitative estimate of drug-likeness (QED) is 0.182. The molecule has 4 nitrogen and oxygen atoms in total. The Bertz CT molecular complexity index is 2930. The largest absolute Gasteiger partial charge is 0.456 e. The third-order valence-corrected chi connectivity index (χ3v) is 9.84. The van der Waals surface area contributed by atoms with Crippen molar-refractivity contribution in [1.82, 2.24) is 9.13 Å². The first kappa shape index (κ1) is 26.6. The van der Waals surface area contributed by atoms with E-state index in [2.05, 4.69) is 154 Å². The summed E-state index contributed by atoms with van der Waals surface area (Å²) in [5.41, 5.74) is 12.0. The molecule has 0 aliphatic heterocycles. The Labute approximate surface area is 276 Å². The molecule has 3 heterocycles. The molecule has 48 heavy (non-hydrogen) atoms. The number of rotatable bonds is 3. The summed E-state index contributed by atoms with van der Waals surface area (Å²) in [6.45, 7) is 10.3. The van der Waals surface area contributed by atoms with Crippen molar-refractivity contribution in [3.05, 3.63) is 163 Å². The molecular weight excluding hydrogens is 587 g/mol. The first-order valence-corrected chi connectivity index (χ1v) is 16.1. The molecule has 0 N–H and O–H groups in total. The fraction of sp³-hybridized carbons (Fsp3) is 0.0227. The SMILES string of the molecule is [C-]#[N+]c1c(C)cc(-c2ccccc2-n2c3ccccc3c3cc4oc5ccccc5c4cc32)cc1-n1c2ccccc2c2ccccc21. The molecule has 0 aliphatic rings. The van der Waals surface area contributed by atoms with Gasteiger partial charge in [-0.15, -0.1) is 0 Å². The van der Waals surface area contributed by atoms with Crippen LogP contribution in [0.5, 0.6) is 0 Å². The van der Waals surface area contributed by atoms with Crippen molar-refractivity contribution in [3.63, 3.8) is 0 Å². The monoisotopic (exact) mass is 613 g/mol. The maximum absolute atomic E-state index is 8.27. The molecule has 0 amide bonds. The maximum atomic E-state index is 8.27. The molecule has 0 fully saturated rings. The van der Waals surface area contributed by atoms with Gasteiger partial charge in [0.1, 0.15) is 11.2 Å². The van der Waals surface area contributed by atoms with Crippen LogP contribution in [0.15, 0.2) is 150 Å². The van der Waals surface area contributed by atoms with Crippen LogP contribution in [-0.2, 0) is 0 Å². The Morgan fingerprint density at radius 1 is 0.479 bits per heavy atom. The molecule has 3 aromatic heterocycles. The summed E-state index contributed by atoms with van der Waals surface area (Å²) < 4.78 is 11.0. The van der Waals surface area contributed by atoms with Crippen molar-refractivity contribution >= 4 is 71.2 Å². The van der Waals surface area contributed by atoms with E-state index in [0.717, 1.165) is 77.5 Å². The second kappa shape index (κ2) is 9.96. The van der Waals surface area contributed by atoms with E-state index in [-0.39, 0.29) is 0 Å². The third kappa shape index (κ3) is 3.64. The predicted molar refractivity (Wildman–Crippen MR) is 199 cm³/mol. The number of nitrogens with zero attached hydrogens (tertiary/aromatic N) is 3. The van der Waals surface area contributed by atoms with Gasteiger partial charge in [-0.25, -0.2) is 4.85 Å². The molecular formula is C44H27N3O. The van der Waals surface area contributed by atoms with Crippen LogP contribution < -0.4 is 0 Å². The van der Waals surface area contributed by atoms with E-state index in [1.54, 1.807) is 0 Å². The number of aryl methyl sites for hydroxylation is 1. The molecule has 7 aromatic carbocycles. The van der Waals surface area contributed by atoms with E-state index >= 15 is 0 Å². The van der Waals surface area contributed by atoms with E-state index in [4.69, 9.17) is 11.0 Å². The number of hydrogen-bond donors (Lipinski definition) is 0. The molecule has 0 atom stereocenters.